The average molecular weight is 292 g/mol. The summed E-state index contributed by atoms with van der Waals surface area (Å²) >= 11 is 0. The Morgan fingerprint density at radius 3 is 2.81 bits per heavy atom. The number of H-pyrrole nitrogens is 1. The highest BCUT2D eigenvalue weighted by atomic mass is 16.5. The molecule has 2 aromatic rings. The standard InChI is InChI=1S/C14H16N2O5/c1-8-2-4-11(20-8)10-6-16(14(19)15-13(10)18)12-5-3-9(7-17)21-12/h2,4,6,9,12,17H,3,5,7H2,1H3,(H,15,18,19)/t9-,12+/m1/s1. The van der Waals surface area contributed by atoms with Gasteiger partial charge in [0.2, 0.25) is 0 Å². The number of aromatic amines is 1. The number of rotatable bonds is 3. The molecule has 1 fully saturated rings. The second kappa shape index (κ2) is 5.34. The van der Waals surface area contributed by atoms with Crippen LogP contribution in [0.15, 0.2) is 32.3 Å². The summed E-state index contributed by atoms with van der Waals surface area (Å²) in [6.07, 6.45) is 1.96. The van der Waals surface area contributed by atoms with Crippen molar-refractivity contribution in [1.29, 1.82) is 0 Å². The third kappa shape index (κ3) is 2.57. The van der Waals surface area contributed by atoms with Gasteiger partial charge in [0.15, 0.2) is 0 Å². The highest BCUT2D eigenvalue weighted by molar-refractivity contribution is 5.54. The van der Waals surface area contributed by atoms with Gasteiger partial charge in [0.05, 0.1) is 18.3 Å². The van der Waals surface area contributed by atoms with Crippen LogP contribution < -0.4 is 11.2 Å². The Bertz CT molecular complexity index is 757. The topological polar surface area (TPSA) is 97.5 Å². The third-order valence-electron chi connectivity index (χ3n) is 3.57. The Kier molecular flexibility index (Phi) is 3.52. The minimum atomic E-state index is -0.532. The second-order valence-corrected chi connectivity index (χ2v) is 5.09. The summed E-state index contributed by atoms with van der Waals surface area (Å²) in [5.74, 6) is 1.08. The molecule has 1 aliphatic rings. The van der Waals surface area contributed by atoms with Crippen molar-refractivity contribution >= 4 is 0 Å². The molecule has 2 atom stereocenters. The summed E-state index contributed by atoms with van der Waals surface area (Å²) in [6, 6.07) is 3.43. The molecule has 0 saturated carbocycles. The maximum absolute atomic E-state index is 11.9. The van der Waals surface area contributed by atoms with Crippen molar-refractivity contribution in [3.8, 4) is 11.3 Å². The zero-order valence-corrected chi connectivity index (χ0v) is 11.5. The summed E-state index contributed by atoms with van der Waals surface area (Å²) in [5.41, 5.74) is -0.753. The van der Waals surface area contributed by atoms with Crippen molar-refractivity contribution in [1.82, 2.24) is 9.55 Å². The van der Waals surface area contributed by atoms with E-state index in [-0.39, 0.29) is 18.3 Å². The van der Waals surface area contributed by atoms with Crippen molar-refractivity contribution in [3.63, 3.8) is 0 Å². The molecule has 3 heterocycles. The van der Waals surface area contributed by atoms with E-state index in [1.807, 2.05) is 0 Å². The zero-order chi connectivity index (χ0) is 15.0. The van der Waals surface area contributed by atoms with Crippen LogP contribution in [-0.2, 0) is 4.74 Å². The summed E-state index contributed by atoms with van der Waals surface area (Å²) in [7, 11) is 0. The summed E-state index contributed by atoms with van der Waals surface area (Å²) in [6.45, 7) is 1.69. The predicted octanol–water partition coefficient (Wildman–Crippen LogP) is 0.775. The number of aromatic nitrogens is 2. The molecule has 2 N–H and O–H groups in total. The summed E-state index contributed by atoms with van der Waals surface area (Å²) in [5, 5.41) is 9.09. The fourth-order valence-corrected chi connectivity index (χ4v) is 2.48. The second-order valence-electron chi connectivity index (χ2n) is 5.09. The minimum Gasteiger partial charge on any atom is -0.461 e. The van der Waals surface area contributed by atoms with Crippen LogP contribution >= 0.6 is 0 Å². The quantitative estimate of drug-likeness (QED) is 0.871. The van der Waals surface area contributed by atoms with E-state index in [1.54, 1.807) is 19.1 Å². The van der Waals surface area contributed by atoms with Gasteiger partial charge in [-0.15, -0.1) is 0 Å². The molecule has 0 radical (unpaired) electrons. The molecule has 7 heteroatoms. The highest BCUT2D eigenvalue weighted by Crippen LogP contribution is 2.27. The van der Waals surface area contributed by atoms with Gasteiger partial charge in [-0.2, -0.15) is 0 Å². The molecule has 0 amide bonds. The molecule has 0 spiro atoms. The number of nitrogens with zero attached hydrogens (tertiary/aromatic N) is 1. The van der Waals surface area contributed by atoms with Crippen LogP contribution in [0.3, 0.4) is 0 Å². The molecule has 1 aliphatic heterocycles. The molecule has 0 unspecified atom stereocenters. The lowest BCUT2D eigenvalue weighted by molar-refractivity contribution is -0.0245. The van der Waals surface area contributed by atoms with E-state index >= 15 is 0 Å². The Hall–Kier alpha value is -2.12. The fourth-order valence-electron chi connectivity index (χ4n) is 2.48. The van der Waals surface area contributed by atoms with Crippen LogP contribution in [0.25, 0.3) is 11.3 Å². The van der Waals surface area contributed by atoms with E-state index in [4.69, 9.17) is 14.3 Å². The van der Waals surface area contributed by atoms with E-state index in [9.17, 15) is 9.59 Å². The van der Waals surface area contributed by atoms with Gasteiger partial charge in [0.25, 0.3) is 5.56 Å². The lowest BCUT2D eigenvalue weighted by atomic mass is 10.2. The molecule has 0 aliphatic carbocycles. The zero-order valence-electron chi connectivity index (χ0n) is 11.5. The normalized spacial score (nSPS) is 21.8. The van der Waals surface area contributed by atoms with Crippen LogP contribution in [0.2, 0.25) is 0 Å². The van der Waals surface area contributed by atoms with Crippen molar-refractivity contribution in [2.75, 3.05) is 6.61 Å². The van der Waals surface area contributed by atoms with Crippen LogP contribution in [0.1, 0.15) is 24.8 Å². The van der Waals surface area contributed by atoms with Gasteiger partial charge in [-0.1, -0.05) is 0 Å². The van der Waals surface area contributed by atoms with Gasteiger partial charge >= 0.3 is 5.69 Å². The first kappa shape index (κ1) is 13.8. The molecule has 21 heavy (non-hydrogen) atoms. The van der Waals surface area contributed by atoms with Crippen LogP contribution in [-0.4, -0.2) is 27.4 Å². The SMILES string of the molecule is Cc1ccc(-c2cn([C@@H]3CC[C@H](CO)O3)c(=O)[nH]c2=O)o1. The molecule has 7 nitrogen and oxygen atoms in total. The van der Waals surface area contributed by atoms with Crippen molar-refractivity contribution < 1.29 is 14.3 Å². The van der Waals surface area contributed by atoms with Crippen LogP contribution in [0.4, 0.5) is 0 Å². The van der Waals surface area contributed by atoms with Gasteiger partial charge in [-0.3, -0.25) is 14.3 Å². The Balaban J connectivity index is 2.02. The number of aryl methyl sites for hydroxylation is 1. The van der Waals surface area contributed by atoms with Crippen LogP contribution in [0.5, 0.6) is 0 Å². The molecule has 0 aromatic carbocycles. The average Bonchev–Trinajstić information content (AvgIpc) is 3.08. The first-order valence-electron chi connectivity index (χ1n) is 6.77. The van der Waals surface area contributed by atoms with E-state index in [2.05, 4.69) is 4.98 Å². The molecule has 1 saturated heterocycles. The van der Waals surface area contributed by atoms with E-state index in [0.29, 0.717) is 24.4 Å². The monoisotopic (exact) mass is 292 g/mol. The van der Waals surface area contributed by atoms with Crippen molar-refractivity contribution in [3.05, 3.63) is 44.9 Å². The van der Waals surface area contributed by atoms with Gasteiger partial charge in [0.1, 0.15) is 17.7 Å². The summed E-state index contributed by atoms with van der Waals surface area (Å²) < 4.78 is 12.3. The number of furan rings is 1. The van der Waals surface area contributed by atoms with Gasteiger partial charge < -0.3 is 14.3 Å². The summed E-state index contributed by atoms with van der Waals surface area (Å²) in [4.78, 5) is 26.1. The maximum atomic E-state index is 11.9. The van der Waals surface area contributed by atoms with Crippen LogP contribution in [0, 0.1) is 6.92 Å². The highest BCUT2D eigenvalue weighted by Gasteiger charge is 2.27. The minimum absolute atomic E-state index is 0.0845. The number of aliphatic hydroxyl groups is 1. The number of hydrogen-bond donors (Lipinski definition) is 2. The first-order chi connectivity index (χ1) is 10.1. The molecule has 3 rings (SSSR count). The maximum Gasteiger partial charge on any atom is 0.330 e. The van der Waals surface area contributed by atoms with Gasteiger partial charge in [-0.05, 0) is 31.9 Å². The van der Waals surface area contributed by atoms with Crippen molar-refractivity contribution in [2.24, 2.45) is 0 Å². The number of aliphatic hydroxyl groups excluding tert-OH is 1. The largest absolute Gasteiger partial charge is 0.461 e. The smallest absolute Gasteiger partial charge is 0.330 e. The number of hydrogen-bond acceptors (Lipinski definition) is 5. The van der Waals surface area contributed by atoms with Crippen molar-refractivity contribution in [2.45, 2.75) is 32.1 Å². The fraction of sp³-hybridized carbons (Fsp3) is 0.429. The van der Waals surface area contributed by atoms with E-state index in [0.717, 1.165) is 0 Å². The van der Waals surface area contributed by atoms with E-state index < -0.39 is 17.5 Å². The van der Waals surface area contributed by atoms with E-state index in [1.165, 1.54) is 10.8 Å². The van der Waals surface area contributed by atoms with Gasteiger partial charge in [-0.25, -0.2) is 4.79 Å². The molecule has 112 valence electrons. The molecular formula is C14H16N2O5. The predicted molar refractivity (Wildman–Crippen MR) is 74.0 cm³/mol. The molecular weight excluding hydrogens is 276 g/mol. The third-order valence-corrected chi connectivity index (χ3v) is 3.57. The first-order valence-corrected chi connectivity index (χ1v) is 6.77. The van der Waals surface area contributed by atoms with Gasteiger partial charge in [0, 0.05) is 6.20 Å². The Morgan fingerprint density at radius 2 is 2.19 bits per heavy atom. The lowest BCUT2D eigenvalue weighted by Gasteiger charge is -2.15. The number of nitrogens with one attached hydrogen (secondary N) is 1. The lowest BCUT2D eigenvalue weighted by Crippen LogP contribution is -2.33. The Morgan fingerprint density at radius 1 is 1.38 bits per heavy atom. The Labute approximate surface area is 119 Å². The molecule has 0 bridgehead atoms. The molecule has 2 aromatic heterocycles. The number of ether oxygens (including phenoxy) is 1.